The number of nitrogens with zero attached hydrogens (tertiary/aromatic N) is 2. The van der Waals surface area contributed by atoms with Crippen molar-refractivity contribution in [2.24, 2.45) is 5.92 Å². The van der Waals surface area contributed by atoms with Gasteiger partial charge in [-0.3, -0.25) is 4.79 Å². The standard InChI is InChI=1S/C25H30FN3O2/c26-23-9-5-21(6-10-23)18-27-25(31)29-15-11-20(12-16-29)17-19-3-7-22(8-4-19)24(30)28-13-1-2-14-28/h3-10,20H,1-2,11-18H2,(H,27,31). The van der Waals surface area contributed by atoms with Gasteiger partial charge in [-0.1, -0.05) is 24.3 Å². The van der Waals surface area contributed by atoms with Gasteiger partial charge in [0.05, 0.1) is 0 Å². The Bertz CT molecular complexity index is 884. The molecule has 0 atom stereocenters. The zero-order valence-electron chi connectivity index (χ0n) is 17.9. The maximum atomic E-state index is 13.0. The summed E-state index contributed by atoms with van der Waals surface area (Å²) in [5, 5.41) is 2.92. The number of urea groups is 1. The van der Waals surface area contributed by atoms with Crippen LogP contribution in [0.1, 0.15) is 47.2 Å². The van der Waals surface area contributed by atoms with Gasteiger partial charge in [-0.25, -0.2) is 9.18 Å². The minimum Gasteiger partial charge on any atom is -0.339 e. The van der Waals surface area contributed by atoms with Gasteiger partial charge in [0.15, 0.2) is 0 Å². The molecule has 0 spiro atoms. The van der Waals surface area contributed by atoms with E-state index in [0.717, 1.165) is 69.4 Å². The predicted octanol–water partition coefficient (Wildman–Crippen LogP) is 4.23. The second-order valence-corrected chi connectivity index (χ2v) is 8.62. The smallest absolute Gasteiger partial charge is 0.317 e. The molecule has 0 aromatic heterocycles. The number of rotatable bonds is 5. The largest absolute Gasteiger partial charge is 0.339 e. The molecule has 4 rings (SSSR count). The van der Waals surface area contributed by atoms with Gasteiger partial charge in [0, 0.05) is 38.3 Å². The first-order valence-corrected chi connectivity index (χ1v) is 11.2. The van der Waals surface area contributed by atoms with Crippen LogP contribution in [0.2, 0.25) is 0 Å². The van der Waals surface area contributed by atoms with Gasteiger partial charge in [0.25, 0.3) is 5.91 Å². The van der Waals surface area contributed by atoms with E-state index in [-0.39, 0.29) is 17.8 Å². The molecule has 0 aliphatic carbocycles. The molecule has 2 aromatic carbocycles. The van der Waals surface area contributed by atoms with Crippen LogP contribution in [0, 0.1) is 11.7 Å². The third kappa shape index (κ3) is 5.63. The third-order valence-corrected chi connectivity index (χ3v) is 6.38. The van der Waals surface area contributed by atoms with Crippen LogP contribution >= 0.6 is 0 Å². The molecule has 2 fully saturated rings. The molecule has 31 heavy (non-hydrogen) atoms. The number of piperidine rings is 1. The molecule has 0 unspecified atom stereocenters. The maximum absolute atomic E-state index is 13.0. The van der Waals surface area contributed by atoms with E-state index in [1.165, 1.54) is 17.7 Å². The van der Waals surface area contributed by atoms with Crippen LogP contribution in [0.15, 0.2) is 48.5 Å². The van der Waals surface area contributed by atoms with Gasteiger partial charge in [0.1, 0.15) is 5.82 Å². The van der Waals surface area contributed by atoms with Crippen LogP contribution in [0.4, 0.5) is 9.18 Å². The zero-order chi connectivity index (χ0) is 21.6. The molecule has 1 N–H and O–H groups in total. The first kappa shape index (κ1) is 21.3. The lowest BCUT2D eigenvalue weighted by atomic mass is 9.90. The Balaban J connectivity index is 1.21. The van der Waals surface area contributed by atoms with Crippen molar-refractivity contribution in [3.63, 3.8) is 0 Å². The zero-order valence-corrected chi connectivity index (χ0v) is 17.9. The number of benzene rings is 2. The van der Waals surface area contributed by atoms with Gasteiger partial charge in [-0.05, 0) is 73.4 Å². The summed E-state index contributed by atoms with van der Waals surface area (Å²) in [6, 6.07) is 14.2. The lowest BCUT2D eigenvalue weighted by Gasteiger charge is -2.32. The molecule has 164 valence electrons. The maximum Gasteiger partial charge on any atom is 0.317 e. The number of hydrogen-bond acceptors (Lipinski definition) is 2. The fourth-order valence-corrected chi connectivity index (χ4v) is 4.45. The van der Waals surface area contributed by atoms with Gasteiger partial charge >= 0.3 is 6.03 Å². The van der Waals surface area contributed by atoms with E-state index < -0.39 is 0 Å². The minimum absolute atomic E-state index is 0.0625. The van der Waals surface area contributed by atoms with Crippen molar-refractivity contribution >= 4 is 11.9 Å². The Kier molecular flexibility index (Phi) is 6.85. The van der Waals surface area contributed by atoms with Crippen LogP contribution in [-0.4, -0.2) is 47.9 Å². The Morgan fingerprint density at radius 3 is 2.10 bits per heavy atom. The van der Waals surface area contributed by atoms with E-state index in [1.54, 1.807) is 12.1 Å². The molecule has 2 heterocycles. The van der Waals surface area contributed by atoms with Crippen molar-refractivity contribution < 1.29 is 14.0 Å². The summed E-state index contributed by atoms with van der Waals surface area (Å²) < 4.78 is 13.0. The SMILES string of the molecule is O=C(NCc1ccc(F)cc1)N1CCC(Cc2ccc(C(=O)N3CCCC3)cc2)CC1. The van der Waals surface area contributed by atoms with E-state index in [4.69, 9.17) is 0 Å². The normalized spacial score (nSPS) is 17.1. The van der Waals surface area contributed by atoms with Gasteiger partial charge in [-0.2, -0.15) is 0 Å². The topological polar surface area (TPSA) is 52.7 Å². The van der Waals surface area contributed by atoms with E-state index in [2.05, 4.69) is 17.4 Å². The van der Waals surface area contributed by atoms with Crippen LogP contribution in [0.3, 0.4) is 0 Å². The average Bonchev–Trinajstić information content (AvgIpc) is 3.34. The van der Waals surface area contributed by atoms with Crippen molar-refractivity contribution in [3.8, 4) is 0 Å². The molecule has 2 aromatic rings. The first-order valence-electron chi connectivity index (χ1n) is 11.2. The van der Waals surface area contributed by atoms with Crippen LogP contribution < -0.4 is 5.32 Å². The molecule has 2 saturated heterocycles. The van der Waals surface area contributed by atoms with Crippen LogP contribution in [-0.2, 0) is 13.0 Å². The Hall–Kier alpha value is -2.89. The summed E-state index contributed by atoms with van der Waals surface area (Å²) in [5.74, 6) is 0.412. The van der Waals surface area contributed by atoms with Gasteiger partial charge in [0.2, 0.25) is 0 Å². The molecular weight excluding hydrogens is 393 g/mol. The molecule has 2 aliphatic rings. The monoisotopic (exact) mass is 423 g/mol. The van der Waals surface area contributed by atoms with Gasteiger partial charge < -0.3 is 15.1 Å². The fourth-order valence-electron chi connectivity index (χ4n) is 4.45. The van der Waals surface area contributed by atoms with Crippen LogP contribution in [0.5, 0.6) is 0 Å². The summed E-state index contributed by atoms with van der Waals surface area (Å²) in [4.78, 5) is 28.7. The van der Waals surface area contributed by atoms with Gasteiger partial charge in [-0.15, -0.1) is 0 Å². The molecule has 0 radical (unpaired) electrons. The van der Waals surface area contributed by atoms with Crippen molar-refractivity contribution in [3.05, 3.63) is 71.0 Å². The molecular formula is C25H30FN3O2. The highest BCUT2D eigenvalue weighted by molar-refractivity contribution is 5.94. The summed E-state index contributed by atoms with van der Waals surface area (Å²) in [6.07, 6.45) is 5.12. The number of amides is 3. The quantitative estimate of drug-likeness (QED) is 0.783. The van der Waals surface area contributed by atoms with Crippen molar-refractivity contribution in [2.45, 2.75) is 38.6 Å². The lowest BCUT2D eigenvalue weighted by Crippen LogP contribution is -2.44. The van der Waals surface area contributed by atoms with Crippen LogP contribution in [0.25, 0.3) is 0 Å². The van der Waals surface area contributed by atoms with E-state index in [0.29, 0.717) is 12.5 Å². The fraction of sp³-hybridized carbons (Fsp3) is 0.440. The summed E-state index contributed by atoms with van der Waals surface area (Å²) >= 11 is 0. The molecule has 0 bridgehead atoms. The van der Waals surface area contributed by atoms with E-state index in [9.17, 15) is 14.0 Å². The Morgan fingerprint density at radius 1 is 0.839 bits per heavy atom. The Morgan fingerprint density at radius 2 is 1.45 bits per heavy atom. The van der Waals surface area contributed by atoms with Crippen molar-refractivity contribution in [2.75, 3.05) is 26.2 Å². The number of carbonyl (C=O) groups excluding carboxylic acids is 2. The highest BCUT2D eigenvalue weighted by Gasteiger charge is 2.23. The number of nitrogens with one attached hydrogen (secondary N) is 1. The molecule has 6 heteroatoms. The number of halogens is 1. The summed E-state index contributed by atoms with van der Waals surface area (Å²) in [5.41, 5.74) is 2.91. The Labute approximate surface area is 183 Å². The van der Waals surface area contributed by atoms with E-state index in [1.807, 2.05) is 21.9 Å². The second kappa shape index (κ2) is 9.94. The molecule has 2 aliphatic heterocycles. The van der Waals surface area contributed by atoms with Crippen molar-refractivity contribution in [1.82, 2.24) is 15.1 Å². The lowest BCUT2D eigenvalue weighted by molar-refractivity contribution is 0.0793. The predicted molar refractivity (Wildman–Crippen MR) is 118 cm³/mol. The number of likely N-dealkylation sites (tertiary alicyclic amines) is 2. The third-order valence-electron chi connectivity index (χ3n) is 6.38. The first-order chi connectivity index (χ1) is 15.1. The highest BCUT2D eigenvalue weighted by atomic mass is 19.1. The molecule has 3 amide bonds. The minimum atomic E-state index is -0.273. The highest BCUT2D eigenvalue weighted by Crippen LogP contribution is 2.22. The summed E-state index contributed by atoms with van der Waals surface area (Å²) in [7, 11) is 0. The second-order valence-electron chi connectivity index (χ2n) is 8.62. The average molecular weight is 424 g/mol. The summed E-state index contributed by atoms with van der Waals surface area (Å²) in [6.45, 7) is 3.63. The van der Waals surface area contributed by atoms with Crippen molar-refractivity contribution in [1.29, 1.82) is 0 Å². The number of hydrogen-bond donors (Lipinski definition) is 1. The molecule has 5 nitrogen and oxygen atoms in total. The van der Waals surface area contributed by atoms with E-state index >= 15 is 0 Å². The number of carbonyl (C=O) groups is 2. The molecule has 0 saturated carbocycles.